The first kappa shape index (κ1) is 14.6. The second-order valence-corrected chi connectivity index (χ2v) is 5.95. The molecule has 3 heterocycles. The number of rotatable bonds is 1. The highest BCUT2D eigenvalue weighted by Gasteiger charge is 2.47. The van der Waals surface area contributed by atoms with Crippen LogP contribution in [0.3, 0.4) is 0 Å². The van der Waals surface area contributed by atoms with Crippen molar-refractivity contribution in [2.24, 2.45) is 0 Å². The van der Waals surface area contributed by atoms with Crippen LogP contribution in [0.25, 0.3) is 0 Å². The maximum Gasteiger partial charge on any atom is 0.410 e. The number of hydrogen-bond donors (Lipinski definition) is 1. The summed E-state index contributed by atoms with van der Waals surface area (Å²) in [5.41, 5.74) is -1.09. The first-order valence-corrected chi connectivity index (χ1v) is 7.19. The number of nitrogens with one attached hydrogen (secondary N) is 1. The molecule has 1 aromatic rings. The molecule has 0 radical (unpaired) electrons. The second-order valence-electron chi connectivity index (χ2n) is 5.95. The quantitative estimate of drug-likeness (QED) is 0.796. The number of likely N-dealkylation sites (N-methyl/N-ethyl adjacent to an activating group) is 1. The van der Waals surface area contributed by atoms with Gasteiger partial charge in [-0.15, -0.1) is 0 Å². The summed E-state index contributed by atoms with van der Waals surface area (Å²) in [5, 5.41) is 0. The Morgan fingerprint density at radius 3 is 2.82 bits per heavy atom. The minimum absolute atomic E-state index is 0.0142. The number of aryl methyl sites for hydroxylation is 1. The smallest absolute Gasteiger partial charge is 0.410 e. The standard InChI is InChI=1S/C14H18N4O4/c1-9-15-6-10(11(19)16-9)12(20)18-5-3-4-14(8-18)7-17(2)13(21)22-14/h6H,3-5,7-8H2,1-2H3,(H,15,16,19). The maximum absolute atomic E-state index is 12.5. The Morgan fingerprint density at radius 1 is 1.41 bits per heavy atom. The van der Waals surface area contributed by atoms with E-state index in [1.165, 1.54) is 11.1 Å². The highest BCUT2D eigenvalue weighted by molar-refractivity contribution is 5.93. The van der Waals surface area contributed by atoms with Gasteiger partial charge in [-0.25, -0.2) is 9.78 Å². The Morgan fingerprint density at radius 2 is 2.18 bits per heavy atom. The predicted molar refractivity (Wildman–Crippen MR) is 76.6 cm³/mol. The molecule has 2 fully saturated rings. The van der Waals surface area contributed by atoms with Crippen molar-refractivity contribution in [3.63, 3.8) is 0 Å². The Bertz CT molecular complexity index is 686. The van der Waals surface area contributed by atoms with Gasteiger partial charge in [0.05, 0.1) is 13.1 Å². The summed E-state index contributed by atoms with van der Waals surface area (Å²) in [4.78, 5) is 45.6. The van der Waals surface area contributed by atoms with Crippen LogP contribution in [0.1, 0.15) is 29.0 Å². The van der Waals surface area contributed by atoms with Crippen LogP contribution in [-0.4, -0.2) is 64.1 Å². The highest BCUT2D eigenvalue weighted by atomic mass is 16.6. The fraction of sp³-hybridized carbons (Fsp3) is 0.571. The number of amides is 2. The van der Waals surface area contributed by atoms with E-state index < -0.39 is 11.2 Å². The zero-order valence-electron chi connectivity index (χ0n) is 12.6. The number of nitrogens with zero attached hydrogens (tertiary/aromatic N) is 3. The van der Waals surface area contributed by atoms with Gasteiger partial charge in [0.1, 0.15) is 17.0 Å². The first-order chi connectivity index (χ1) is 10.4. The van der Waals surface area contributed by atoms with E-state index in [9.17, 15) is 14.4 Å². The van der Waals surface area contributed by atoms with Crippen molar-refractivity contribution in [1.82, 2.24) is 19.8 Å². The number of H-pyrrole nitrogens is 1. The number of piperidine rings is 1. The molecule has 2 amide bonds. The van der Waals surface area contributed by atoms with Crippen molar-refractivity contribution in [1.29, 1.82) is 0 Å². The molecule has 2 aliphatic rings. The van der Waals surface area contributed by atoms with Crippen molar-refractivity contribution in [3.8, 4) is 0 Å². The third-order valence-corrected chi connectivity index (χ3v) is 4.12. The molecule has 1 aromatic heterocycles. The summed E-state index contributed by atoms with van der Waals surface area (Å²) in [6, 6.07) is 0. The van der Waals surface area contributed by atoms with Crippen LogP contribution in [0.5, 0.6) is 0 Å². The average molecular weight is 306 g/mol. The zero-order valence-corrected chi connectivity index (χ0v) is 12.6. The Kier molecular flexibility index (Phi) is 3.38. The van der Waals surface area contributed by atoms with Gasteiger partial charge in [-0.1, -0.05) is 0 Å². The van der Waals surface area contributed by atoms with Gasteiger partial charge in [0, 0.05) is 19.8 Å². The molecule has 118 valence electrons. The number of carbonyl (C=O) groups excluding carboxylic acids is 2. The molecule has 0 aliphatic carbocycles. The lowest BCUT2D eigenvalue weighted by molar-refractivity contribution is -0.00529. The van der Waals surface area contributed by atoms with Crippen molar-refractivity contribution in [2.45, 2.75) is 25.4 Å². The molecular formula is C14H18N4O4. The number of hydrogen-bond acceptors (Lipinski definition) is 5. The minimum atomic E-state index is -0.662. The van der Waals surface area contributed by atoms with Crippen LogP contribution in [0, 0.1) is 6.92 Å². The molecule has 8 nitrogen and oxygen atoms in total. The Labute approximate surface area is 127 Å². The van der Waals surface area contributed by atoms with Crippen LogP contribution < -0.4 is 5.56 Å². The highest BCUT2D eigenvalue weighted by Crippen LogP contribution is 2.31. The lowest BCUT2D eigenvalue weighted by Gasteiger charge is -2.38. The molecule has 22 heavy (non-hydrogen) atoms. The summed E-state index contributed by atoms with van der Waals surface area (Å²) >= 11 is 0. The van der Waals surface area contributed by atoms with Crippen LogP contribution in [0.4, 0.5) is 4.79 Å². The molecular weight excluding hydrogens is 288 g/mol. The average Bonchev–Trinajstić information content (AvgIpc) is 2.72. The predicted octanol–water partition coefficient (Wildman–Crippen LogP) is 0.135. The zero-order chi connectivity index (χ0) is 15.9. The van der Waals surface area contributed by atoms with Crippen LogP contribution in [0.2, 0.25) is 0 Å². The van der Waals surface area contributed by atoms with Gasteiger partial charge < -0.3 is 19.5 Å². The number of aromatic nitrogens is 2. The lowest BCUT2D eigenvalue weighted by atomic mass is 9.92. The van der Waals surface area contributed by atoms with Gasteiger partial charge >= 0.3 is 6.09 Å². The number of likely N-dealkylation sites (tertiary alicyclic amines) is 1. The number of ether oxygens (including phenoxy) is 1. The molecule has 0 aromatic carbocycles. The summed E-state index contributed by atoms with van der Waals surface area (Å²) in [5.74, 6) is 0.0847. The monoisotopic (exact) mass is 306 g/mol. The SMILES string of the molecule is Cc1ncc(C(=O)N2CCCC3(CN(C)C(=O)O3)C2)c(=O)[nH]1. The van der Waals surface area contributed by atoms with Gasteiger partial charge in [-0.2, -0.15) is 0 Å². The summed E-state index contributed by atoms with van der Waals surface area (Å²) in [7, 11) is 1.67. The summed E-state index contributed by atoms with van der Waals surface area (Å²) in [6.07, 6.45) is 2.37. The fourth-order valence-electron chi connectivity index (χ4n) is 3.08. The molecule has 1 unspecified atom stereocenters. The van der Waals surface area contributed by atoms with E-state index in [2.05, 4.69) is 9.97 Å². The van der Waals surface area contributed by atoms with Gasteiger partial charge in [0.15, 0.2) is 0 Å². The van der Waals surface area contributed by atoms with Crippen molar-refractivity contribution in [2.75, 3.05) is 26.7 Å². The second kappa shape index (κ2) is 5.11. The van der Waals surface area contributed by atoms with E-state index in [4.69, 9.17) is 4.74 Å². The van der Waals surface area contributed by atoms with E-state index >= 15 is 0 Å². The molecule has 1 N–H and O–H groups in total. The van der Waals surface area contributed by atoms with E-state index in [1.54, 1.807) is 18.9 Å². The van der Waals surface area contributed by atoms with Gasteiger partial charge in [-0.05, 0) is 19.8 Å². The van der Waals surface area contributed by atoms with E-state index in [1.807, 2.05) is 0 Å². The molecule has 2 aliphatic heterocycles. The third-order valence-electron chi connectivity index (χ3n) is 4.12. The van der Waals surface area contributed by atoms with Crippen molar-refractivity contribution >= 4 is 12.0 Å². The molecule has 0 bridgehead atoms. The maximum atomic E-state index is 12.5. The fourth-order valence-corrected chi connectivity index (χ4v) is 3.08. The van der Waals surface area contributed by atoms with Gasteiger partial charge in [-0.3, -0.25) is 9.59 Å². The molecule has 1 spiro atoms. The summed E-state index contributed by atoms with van der Waals surface area (Å²) in [6.45, 7) is 2.95. The van der Waals surface area contributed by atoms with E-state index in [0.717, 1.165) is 12.8 Å². The van der Waals surface area contributed by atoms with Gasteiger partial charge in [0.25, 0.3) is 11.5 Å². The molecule has 0 saturated carbocycles. The van der Waals surface area contributed by atoms with Crippen molar-refractivity contribution in [3.05, 3.63) is 27.9 Å². The van der Waals surface area contributed by atoms with Gasteiger partial charge in [0.2, 0.25) is 0 Å². The van der Waals surface area contributed by atoms with E-state index in [0.29, 0.717) is 25.5 Å². The number of carbonyl (C=O) groups is 2. The van der Waals surface area contributed by atoms with Crippen LogP contribution in [-0.2, 0) is 4.74 Å². The topological polar surface area (TPSA) is 95.6 Å². The lowest BCUT2D eigenvalue weighted by Crippen LogP contribution is -2.53. The molecule has 3 rings (SSSR count). The third kappa shape index (κ3) is 2.44. The Hall–Kier alpha value is -2.38. The van der Waals surface area contributed by atoms with Crippen LogP contribution in [0.15, 0.2) is 11.0 Å². The summed E-state index contributed by atoms with van der Waals surface area (Å²) < 4.78 is 5.46. The van der Waals surface area contributed by atoms with Crippen molar-refractivity contribution < 1.29 is 14.3 Å². The molecule has 8 heteroatoms. The van der Waals surface area contributed by atoms with Crippen LogP contribution >= 0.6 is 0 Å². The first-order valence-electron chi connectivity index (χ1n) is 7.19. The Balaban J connectivity index is 1.82. The van der Waals surface area contributed by atoms with E-state index in [-0.39, 0.29) is 17.6 Å². The molecule has 2 saturated heterocycles. The normalized spacial score (nSPS) is 24.7. The largest absolute Gasteiger partial charge is 0.439 e. The molecule has 1 atom stereocenters. The number of aromatic amines is 1. The minimum Gasteiger partial charge on any atom is -0.439 e.